The number of hydrogen-bond donors (Lipinski definition) is 3. The fourth-order valence-electron chi connectivity index (χ4n) is 7.66. The van der Waals surface area contributed by atoms with Crippen molar-refractivity contribution in [2.75, 3.05) is 36.9 Å². The standard InChI is InChI=1S/C24H29FN6O.C13H14N2O3/c25-23-20(19-14-21(28-29-24(19)26)18-8-4-5-9-22(18)32)15-27-31(23)17-10-12-30(13-11-17)16-6-2-1-3-7-16;16-12-6-5-10(13(17)14-12)15-7-8-18-11-4-2-1-3-9(11)15/h4-5,8-9,14-17,32H,1-3,6-7,10-13H2,(H2,26,29);1-4,10H,5-8H2,(H,14,16,17). The number of likely N-dealkylation sites (tertiary alicyclic amines) is 1. The highest BCUT2D eigenvalue weighted by Gasteiger charge is 2.34. The molecule has 1 aliphatic carbocycles. The van der Waals surface area contributed by atoms with Crippen LogP contribution in [0.25, 0.3) is 22.4 Å². The number of rotatable bonds is 5. The van der Waals surface area contributed by atoms with E-state index in [1.165, 1.54) is 43.0 Å². The summed E-state index contributed by atoms with van der Waals surface area (Å²) in [6.45, 7) is 3.21. The minimum atomic E-state index is -0.399. The number of amides is 2. The van der Waals surface area contributed by atoms with E-state index in [1.54, 1.807) is 30.3 Å². The van der Waals surface area contributed by atoms with E-state index in [2.05, 4.69) is 25.5 Å². The Hall–Kier alpha value is -5.04. The lowest BCUT2D eigenvalue weighted by Gasteiger charge is -2.39. The van der Waals surface area contributed by atoms with Crippen molar-refractivity contribution < 1.29 is 23.8 Å². The summed E-state index contributed by atoms with van der Waals surface area (Å²) in [6, 6.07) is 16.6. The predicted molar refractivity (Wildman–Crippen MR) is 187 cm³/mol. The van der Waals surface area contributed by atoms with Crippen molar-refractivity contribution in [1.29, 1.82) is 0 Å². The molecule has 1 atom stereocenters. The zero-order valence-electron chi connectivity index (χ0n) is 28.0. The van der Waals surface area contributed by atoms with Crippen LogP contribution in [-0.2, 0) is 9.59 Å². The summed E-state index contributed by atoms with van der Waals surface area (Å²) in [6.07, 6.45) is 10.9. The summed E-state index contributed by atoms with van der Waals surface area (Å²) >= 11 is 0. The van der Waals surface area contributed by atoms with E-state index < -0.39 is 5.95 Å². The number of nitrogens with one attached hydrogen (secondary N) is 1. The average Bonchev–Trinajstić information content (AvgIpc) is 3.53. The predicted octanol–water partition coefficient (Wildman–Crippen LogP) is 5.09. The maximum Gasteiger partial charge on any atom is 0.249 e. The van der Waals surface area contributed by atoms with Gasteiger partial charge < -0.3 is 25.4 Å². The van der Waals surface area contributed by atoms with Gasteiger partial charge >= 0.3 is 0 Å². The zero-order chi connectivity index (χ0) is 34.6. The topological polar surface area (TPSA) is 152 Å². The van der Waals surface area contributed by atoms with Gasteiger partial charge in [-0.25, -0.2) is 4.68 Å². The number of para-hydroxylation sites is 3. The molecule has 4 aromatic rings. The van der Waals surface area contributed by atoms with Gasteiger partial charge in [-0.05, 0) is 62.4 Å². The number of aromatic nitrogens is 4. The van der Waals surface area contributed by atoms with Crippen LogP contribution in [0.2, 0.25) is 0 Å². The number of benzene rings is 2. The molecule has 8 rings (SSSR count). The molecule has 1 saturated carbocycles. The second-order valence-electron chi connectivity index (χ2n) is 13.4. The molecular formula is C37H43FN8O4. The van der Waals surface area contributed by atoms with E-state index in [0.29, 0.717) is 54.4 Å². The summed E-state index contributed by atoms with van der Waals surface area (Å²) in [5.41, 5.74) is 8.67. The Bertz CT molecular complexity index is 1840. The first kappa shape index (κ1) is 33.5. The van der Waals surface area contributed by atoms with Crippen LogP contribution in [0.1, 0.15) is 63.8 Å². The Balaban J connectivity index is 0.000000184. The molecule has 1 unspecified atom stereocenters. The van der Waals surface area contributed by atoms with E-state index >= 15 is 4.39 Å². The number of ether oxygens (including phenoxy) is 1. The first-order valence-electron chi connectivity index (χ1n) is 17.6. The average molecular weight is 683 g/mol. The minimum Gasteiger partial charge on any atom is -0.507 e. The van der Waals surface area contributed by atoms with Gasteiger partial charge in [0.15, 0.2) is 5.82 Å². The van der Waals surface area contributed by atoms with Gasteiger partial charge in [-0.3, -0.25) is 14.9 Å². The van der Waals surface area contributed by atoms with Crippen molar-refractivity contribution in [2.24, 2.45) is 0 Å². The number of halogens is 1. The van der Waals surface area contributed by atoms with Crippen LogP contribution in [0.3, 0.4) is 0 Å². The van der Waals surface area contributed by atoms with Crippen LogP contribution in [-0.4, -0.2) is 80.1 Å². The Morgan fingerprint density at radius 2 is 1.62 bits per heavy atom. The molecular weight excluding hydrogens is 639 g/mol. The highest BCUT2D eigenvalue weighted by atomic mass is 19.1. The molecule has 0 bridgehead atoms. The van der Waals surface area contributed by atoms with Crippen LogP contribution < -0.4 is 20.7 Å². The Morgan fingerprint density at radius 3 is 2.40 bits per heavy atom. The van der Waals surface area contributed by atoms with Crippen LogP contribution in [0.15, 0.2) is 60.8 Å². The lowest BCUT2D eigenvalue weighted by atomic mass is 9.92. The third-order valence-corrected chi connectivity index (χ3v) is 10.3. The minimum absolute atomic E-state index is 0.0391. The molecule has 13 heteroatoms. The quantitative estimate of drug-likeness (QED) is 0.243. The largest absolute Gasteiger partial charge is 0.507 e. The van der Waals surface area contributed by atoms with E-state index in [1.807, 2.05) is 29.2 Å². The maximum atomic E-state index is 15.5. The summed E-state index contributed by atoms with van der Waals surface area (Å²) in [5.74, 6) is 0.228. The molecule has 0 radical (unpaired) electrons. The van der Waals surface area contributed by atoms with Crippen molar-refractivity contribution >= 4 is 23.3 Å². The van der Waals surface area contributed by atoms with E-state index in [4.69, 9.17) is 10.5 Å². The number of phenols is 1. The van der Waals surface area contributed by atoms with Crippen LogP contribution in [0, 0.1) is 5.95 Å². The van der Waals surface area contributed by atoms with Crippen molar-refractivity contribution in [3.05, 3.63) is 66.7 Å². The maximum absolute atomic E-state index is 15.5. The number of hydrogen-bond acceptors (Lipinski definition) is 10. The van der Waals surface area contributed by atoms with Gasteiger partial charge in [0.2, 0.25) is 17.8 Å². The number of fused-ring (bicyclic) bond motifs is 1. The number of aromatic hydroxyl groups is 1. The van der Waals surface area contributed by atoms with Crippen LogP contribution in [0.5, 0.6) is 11.5 Å². The first-order valence-corrected chi connectivity index (χ1v) is 17.6. The number of carbonyl (C=O) groups is 2. The van der Waals surface area contributed by atoms with Crippen molar-refractivity contribution in [3.63, 3.8) is 0 Å². The molecule has 50 heavy (non-hydrogen) atoms. The highest BCUT2D eigenvalue weighted by molar-refractivity contribution is 6.01. The SMILES string of the molecule is Nc1nnc(-c2ccccc2O)cc1-c1cnn(C2CCN(C3CCCCC3)CC2)c1F.O=C1CCC(N2CCOc3ccccc32)C(=O)N1. The van der Waals surface area contributed by atoms with Gasteiger partial charge in [0.25, 0.3) is 0 Å². The highest BCUT2D eigenvalue weighted by Crippen LogP contribution is 2.36. The summed E-state index contributed by atoms with van der Waals surface area (Å²) in [4.78, 5) is 27.7. The normalized spacial score (nSPS) is 20.3. The van der Waals surface area contributed by atoms with Gasteiger partial charge in [-0.15, -0.1) is 10.2 Å². The number of nitrogens with zero attached hydrogens (tertiary/aromatic N) is 6. The second kappa shape index (κ2) is 14.8. The van der Waals surface area contributed by atoms with Gasteiger partial charge in [-0.2, -0.15) is 9.49 Å². The Morgan fingerprint density at radius 1 is 0.860 bits per heavy atom. The molecule has 262 valence electrons. The number of phenolic OH excluding ortho intramolecular Hbond substituents is 1. The molecule has 2 amide bonds. The number of anilines is 2. The number of nitrogen functional groups attached to an aromatic ring is 1. The van der Waals surface area contributed by atoms with Gasteiger partial charge in [-0.1, -0.05) is 43.5 Å². The van der Waals surface area contributed by atoms with Crippen molar-refractivity contribution in [3.8, 4) is 33.9 Å². The molecule has 2 saturated heterocycles. The smallest absolute Gasteiger partial charge is 0.249 e. The summed E-state index contributed by atoms with van der Waals surface area (Å²) < 4.78 is 22.5. The molecule has 4 N–H and O–H groups in total. The molecule has 3 aliphatic heterocycles. The molecule has 5 heterocycles. The fraction of sp³-hybridized carbons (Fsp3) is 0.432. The fourth-order valence-corrected chi connectivity index (χ4v) is 7.66. The van der Waals surface area contributed by atoms with E-state index in [-0.39, 0.29) is 35.5 Å². The van der Waals surface area contributed by atoms with Crippen LogP contribution >= 0.6 is 0 Å². The molecule has 12 nitrogen and oxygen atoms in total. The van der Waals surface area contributed by atoms with E-state index in [9.17, 15) is 14.7 Å². The van der Waals surface area contributed by atoms with Gasteiger partial charge in [0, 0.05) is 36.7 Å². The lowest BCUT2D eigenvalue weighted by Crippen LogP contribution is -2.54. The van der Waals surface area contributed by atoms with Crippen molar-refractivity contribution in [1.82, 2.24) is 30.2 Å². The summed E-state index contributed by atoms with van der Waals surface area (Å²) in [5, 5.41) is 25.0. The summed E-state index contributed by atoms with van der Waals surface area (Å²) in [7, 11) is 0. The number of imide groups is 1. The first-order chi connectivity index (χ1) is 24.4. The third-order valence-electron chi connectivity index (χ3n) is 10.3. The Kier molecular flexibility index (Phi) is 9.92. The van der Waals surface area contributed by atoms with E-state index in [0.717, 1.165) is 37.4 Å². The van der Waals surface area contributed by atoms with Gasteiger partial charge in [0.1, 0.15) is 24.1 Å². The lowest BCUT2D eigenvalue weighted by molar-refractivity contribution is -0.134. The molecule has 3 fully saturated rings. The zero-order valence-corrected chi connectivity index (χ0v) is 28.0. The Labute approximate surface area is 290 Å². The molecule has 2 aromatic heterocycles. The molecule has 2 aromatic carbocycles. The van der Waals surface area contributed by atoms with Crippen LogP contribution in [0.4, 0.5) is 15.9 Å². The second-order valence-corrected chi connectivity index (χ2v) is 13.4. The molecule has 4 aliphatic rings. The number of carbonyl (C=O) groups excluding carboxylic acids is 2. The third kappa shape index (κ3) is 7.00. The number of piperidine rings is 2. The van der Waals surface area contributed by atoms with Crippen molar-refractivity contribution in [2.45, 2.75) is 75.9 Å². The van der Waals surface area contributed by atoms with Gasteiger partial charge in [0.05, 0.1) is 35.7 Å². The molecule has 0 spiro atoms. The monoisotopic (exact) mass is 682 g/mol. The number of nitrogens with two attached hydrogens (primary N) is 1.